The van der Waals surface area contributed by atoms with Gasteiger partial charge in [-0.1, -0.05) is 29.8 Å². The van der Waals surface area contributed by atoms with Gasteiger partial charge in [-0.15, -0.1) is 11.8 Å². The highest BCUT2D eigenvalue weighted by Gasteiger charge is 2.12. The first-order chi connectivity index (χ1) is 12.1. The second-order valence-corrected chi connectivity index (χ2v) is 6.82. The molecule has 3 aromatic rings. The van der Waals surface area contributed by atoms with Crippen LogP contribution in [0.1, 0.15) is 0 Å². The van der Waals surface area contributed by atoms with E-state index in [-0.39, 0.29) is 12.4 Å². The number of benzene rings is 2. The highest BCUT2D eigenvalue weighted by atomic mass is 35.5. The lowest BCUT2D eigenvalue weighted by molar-refractivity contribution is -0.144. The molecule has 0 atom stereocenters. The van der Waals surface area contributed by atoms with E-state index in [1.807, 2.05) is 18.2 Å². The highest BCUT2D eigenvalue weighted by molar-refractivity contribution is 8.00. The number of nitrogens with zero attached hydrogens (tertiary/aromatic N) is 2. The number of carbonyl (C=O) groups excluding carboxylic acids is 2. The molecular formula is C16H12ClN3O3S2. The molecule has 0 radical (unpaired) electrons. The number of nitrogens with one attached hydrogen (secondary N) is 1. The molecule has 1 N–H and O–H groups in total. The minimum Gasteiger partial charge on any atom is -0.455 e. The number of amides is 1. The Bertz CT molecular complexity index is 916. The van der Waals surface area contributed by atoms with E-state index in [1.54, 1.807) is 24.3 Å². The fraction of sp³-hybridized carbons (Fsp3) is 0.125. The van der Waals surface area contributed by atoms with Crippen molar-refractivity contribution in [2.45, 2.75) is 4.90 Å². The second-order valence-electron chi connectivity index (χ2n) is 4.87. The van der Waals surface area contributed by atoms with E-state index in [0.717, 1.165) is 16.6 Å². The summed E-state index contributed by atoms with van der Waals surface area (Å²) >= 11 is 8.34. The average molecular weight is 394 g/mol. The third-order valence-electron chi connectivity index (χ3n) is 3.11. The van der Waals surface area contributed by atoms with Crippen molar-refractivity contribution in [2.24, 2.45) is 0 Å². The Morgan fingerprint density at radius 2 is 2.00 bits per heavy atom. The Hall–Kier alpha value is -2.16. The Balaban J connectivity index is 1.48. The maximum atomic E-state index is 11.9. The Kier molecular flexibility index (Phi) is 5.85. The lowest BCUT2D eigenvalue weighted by Gasteiger charge is -2.07. The summed E-state index contributed by atoms with van der Waals surface area (Å²) in [5, 5.41) is 3.24. The van der Waals surface area contributed by atoms with Gasteiger partial charge in [-0.2, -0.15) is 8.75 Å². The molecule has 0 fully saturated rings. The number of carbonyl (C=O) groups is 2. The van der Waals surface area contributed by atoms with Crippen molar-refractivity contribution in [1.29, 1.82) is 0 Å². The molecule has 0 aliphatic rings. The number of anilines is 1. The summed E-state index contributed by atoms with van der Waals surface area (Å²) in [5.41, 5.74) is 1.86. The SMILES string of the molecule is O=C(COC(=O)CSc1ccccc1Cl)Nc1cccc2nsnc12. The van der Waals surface area contributed by atoms with Gasteiger partial charge in [-0.3, -0.25) is 9.59 Å². The first-order valence-electron chi connectivity index (χ1n) is 7.17. The molecule has 25 heavy (non-hydrogen) atoms. The van der Waals surface area contributed by atoms with E-state index < -0.39 is 11.9 Å². The fourth-order valence-corrected chi connectivity index (χ4v) is 3.57. The van der Waals surface area contributed by atoms with Crippen molar-refractivity contribution in [2.75, 3.05) is 17.7 Å². The first kappa shape index (κ1) is 17.7. The number of aromatic nitrogens is 2. The van der Waals surface area contributed by atoms with Crippen LogP contribution in [0.2, 0.25) is 5.02 Å². The quantitative estimate of drug-likeness (QED) is 0.509. The fourth-order valence-electron chi connectivity index (χ4n) is 1.98. The Morgan fingerprint density at radius 3 is 2.84 bits per heavy atom. The Labute approximate surface area is 156 Å². The molecule has 9 heteroatoms. The monoisotopic (exact) mass is 393 g/mol. The molecule has 0 spiro atoms. The van der Waals surface area contributed by atoms with Gasteiger partial charge < -0.3 is 10.1 Å². The zero-order chi connectivity index (χ0) is 17.6. The first-order valence-corrected chi connectivity index (χ1v) is 9.27. The molecule has 0 saturated carbocycles. The molecule has 128 valence electrons. The van der Waals surface area contributed by atoms with Crippen LogP contribution in [0.3, 0.4) is 0 Å². The summed E-state index contributed by atoms with van der Waals surface area (Å²) in [7, 11) is 0. The summed E-state index contributed by atoms with van der Waals surface area (Å²) in [6, 6.07) is 12.5. The van der Waals surface area contributed by atoms with Crippen molar-refractivity contribution in [3.63, 3.8) is 0 Å². The van der Waals surface area contributed by atoms with Gasteiger partial charge in [0.2, 0.25) is 0 Å². The highest BCUT2D eigenvalue weighted by Crippen LogP contribution is 2.26. The molecule has 1 aromatic heterocycles. The standard InChI is InChI=1S/C16H12ClN3O3S2/c17-10-4-1-2-7-13(10)24-9-15(22)23-8-14(21)18-11-5-3-6-12-16(11)20-25-19-12/h1-7H,8-9H2,(H,18,21). The van der Waals surface area contributed by atoms with Gasteiger partial charge in [-0.05, 0) is 24.3 Å². The molecule has 0 bridgehead atoms. The van der Waals surface area contributed by atoms with Crippen LogP contribution in [0.25, 0.3) is 11.0 Å². The van der Waals surface area contributed by atoms with E-state index in [1.165, 1.54) is 11.8 Å². The molecule has 0 aliphatic heterocycles. The number of halogens is 1. The summed E-state index contributed by atoms with van der Waals surface area (Å²) in [6.07, 6.45) is 0. The van der Waals surface area contributed by atoms with E-state index in [2.05, 4.69) is 14.1 Å². The predicted octanol–water partition coefficient (Wildman–Crippen LogP) is 3.62. The zero-order valence-electron chi connectivity index (χ0n) is 12.8. The van der Waals surface area contributed by atoms with Crippen LogP contribution in [0.5, 0.6) is 0 Å². The lowest BCUT2D eigenvalue weighted by Crippen LogP contribution is -2.21. The molecule has 0 aliphatic carbocycles. The van der Waals surface area contributed by atoms with Gasteiger partial charge >= 0.3 is 5.97 Å². The van der Waals surface area contributed by atoms with Crippen molar-refractivity contribution in [3.05, 3.63) is 47.5 Å². The molecule has 2 aromatic carbocycles. The van der Waals surface area contributed by atoms with Crippen LogP contribution >= 0.6 is 35.1 Å². The molecule has 0 saturated heterocycles. The molecule has 0 unspecified atom stereocenters. The predicted molar refractivity (Wildman–Crippen MR) is 99.2 cm³/mol. The van der Waals surface area contributed by atoms with Gasteiger partial charge in [-0.25, -0.2) is 0 Å². The van der Waals surface area contributed by atoms with Crippen molar-refractivity contribution in [1.82, 2.24) is 8.75 Å². The normalized spacial score (nSPS) is 10.6. The van der Waals surface area contributed by atoms with Gasteiger partial charge in [0.1, 0.15) is 11.0 Å². The van der Waals surface area contributed by atoms with Crippen molar-refractivity contribution >= 4 is 63.7 Å². The molecule has 3 rings (SSSR count). The van der Waals surface area contributed by atoms with E-state index in [0.29, 0.717) is 21.7 Å². The van der Waals surface area contributed by atoms with E-state index in [9.17, 15) is 9.59 Å². The minimum absolute atomic E-state index is 0.0720. The number of thioether (sulfide) groups is 1. The lowest BCUT2D eigenvalue weighted by atomic mass is 10.2. The number of ether oxygens (including phenoxy) is 1. The maximum Gasteiger partial charge on any atom is 0.316 e. The summed E-state index contributed by atoms with van der Waals surface area (Å²) in [5.74, 6) is -0.854. The molecule has 1 heterocycles. The largest absolute Gasteiger partial charge is 0.455 e. The maximum absolute atomic E-state index is 11.9. The van der Waals surface area contributed by atoms with Crippen molar-refractivity contribution in [3.8, 4) is 0 Å². The zero-order valence-corrected chi connectivity index (χ0v) is 15.2. The van der Waals surface area contributed by atoms with Gasteiger partial charge in [0.25, 0.3) is 5.91 Å². The number of hydrogen-bond donors (Lipinski definition) is 1. The third kappa shape index (κ3) is 4.68. The van der Waals surface area contributed by atoms with Crippen molar-refractivity contribution < 1.29 is 14.3 Å². The van der Waals surface area contributed by atoms with Crippen LogP contribution < -0.4 is 5.32 Å². The number of hydrogen-bond acceptors (Lipinski definition) is 7. The van der Waals surface area contributed by atoms with E-state index in [4.69, 9.17) is 16.3 Å². The smallest absolute Gasteiger partial charge is 0.316 e. The summed E-state index contributed by atoms with van der Waals surface area (Å²) < 4.78 is 13.2. The Morgan fingerprint density at radius 1 is 1.16 bits per heavy atom. The van der Waals surface area contributed by atoms with E-state index >= 15 is 0 Å². The minimum atomic E-state index is -0.492. The molecule has 1 amide bonds. The van der Waals surface area contributed by atoms with Gasteiger partial charge in [0.05, 0.1) is 28.2 Å². The number of esters is 1. The van der Waals surface area contributed by atoms with Gasteiger partial charge in [0.15, 0.2) is 6.61 Å². The topological polar surface area (TPSA) is 81.2 Å². The van der Waals surface area contributed by atoms with Gasteiger partial charge in [0, 0.05) is 4.90 Å². The summed E-state index contributed by atoms with van der Waals surface area (Å²) in [6.45, 7) is -0.365. The van der Waals surface area contributed by atoms with Crippen LogP contribution in [0, 0.1) is 0 Å². The summed E-state index contributed by atoms with van der Waals surface area (Å²) in [4.78, 5) is 24.5. The number of rotatable bonds is 6. The average Bonchev–Trinajstić information content (AvgIpc) is 3.09. The number of fused-ring (bicyclic) bond motifs is 1. The second kappa shape index (κ2) is 8.28. The molecular weight excluding hydrogens is 382 g/mol. The van der Waals surface area contributed by atoms with Crippen LogP contribution in [-0.4, -0.2) is 33.0 Å². The van der Waals surface area contributed by atoms with Crippen LogP contribution in [0.15, 0.2) is 47.4 Å². The third-order valence-corrected chi connectivity index (χ3v) is 5.14. The molecule has 6 nitrogen and oxygen atoms in total. The van der Waals surface area contributed by atoms with Crippen LogP contribution in [0.4, 0.5) is 5.69 Å². The van der Waals surface area contributed by atoms with Crippen LogP contribution in [-0.2, 0) is 14.3 Å².